The molecule has 0 heterocycles. The summed E-state index contributed by atoms with van der Waals surface area (Å²) in [6.45, 7) is 6.63. The molecule has 0 N–H and O–H groups in total. The average Bonchev–Trinajstić information content (AvgIpc) is 1.81. The Morgan fingerprint density at radius 2 is 2.00 bits per heavy atom. The van der Waals surface area contributed by atoms with Crippen molar-refractivity contribution in [2.75, 3.05) is 20.0 Å². The summed E-state index contributed by atoms with van der Waals surface area (Å²) in [5.74, 6) is -0.102. The lowest BCUT2D eigenvalue weighted by Gasteiger charge is -2.22. The van der Waals surface area contributed by atoms with E-state index in [4.69, 9.17) is 4.52 Å². The van der Waals surface area contributed by atoms with Gasteiger partial charge in [-0.15, -0.1) is 0 Å². The third-order valence-electron chi connectivity index (χ3n) is 1.44. The summed E-state index contributed by atoms with van der Waals surface area (Å²) < 4.78 is 16.9. The average molecular weight is 207 g/mol. The first kappa shape index (κ1) is 12.7. The van der Waals surface area contributed by atoms with Crippen LogP contribution in [-0.2, 0) is 13.9 Å². The zero-order chi connectivity index (χ0) is 10.6. The zero-order valence-corrected chi connectivity index (χ0v) is 9.80. The lowest BCUT2D eigenvalue weighted by Crippen LogP contribution is -2.25. The topological polar surface area (TPSA) is 46.6 Å². The molecule has 0 spiro atoms. The van der Waals surface area contributed by atoms with E-state index in [9.17, 15) is 9.36 Å². The highest BCUT2D eigenvalue weighted by Gasteiger charge is 2.21. The van der Waals surface area contributed by atoms with E-state index in [1.54, 1.807) is 13.7 Å². The normalized spacial score (nSPS) is 15.5. The second-order valence-corrected chi connectivity index (χ2v) is 6.05. The van der Waals surface area contributed by atoms with Crippen molar-refractivity contribution in [2.24, 2.45) is 0 Å². The summed E-state index contributed by atoms with van der Waals surface area (Å²) in [5, 5.41) is 0. The number of amides is 1. The Morgan fingerprint density at radius 3 is 2.31 bits per heavy atom. The van der Waals surface area contributed by atoms with Gasteiger partial charge in [-0.25, -0.2) is 0 Å². The lowest BCUT2D eigenvalue weighted by atomic mass is 10.5. The molecule has 4 nitrogen and oxygen atoms in total. The van der Waals surface area contributed by atoms with E-state index >= 15 is 0 Å². The minimum absolute atomic E-state index is 0.0730. The van der Waals surface area contributed by atoms with Crippen LogP contribution in [0.25, 0.3) is 0 Å². The Morgan fingerprint density at radius 1 is 1.54 bits per heavy atom. The number of nitrogens with zero attached hydrogens (tertiary/aromatic N) is 1. The Kier molecular flexibility index (Phi) is 4.65. The van der Waals surface area contributed by atoms with Gasteiger partial charge in [0.1, 0.15) is 0 Å². The first-order valence-corrected chi connectivity index (χ1v) is 6.47. The van der Waals surface area contributed by atoms with Crippen molar-refractivity contribution in [3.63, 3.8) is 0 Å². The molecular formula is C8H18NO3P. The van der Waals surface area contributed by atoms with Crippen molar-refractivity contribution in [3.8, 4) is 0 Å². The predicted molar refractivity (Wildman–Crippen MR) is 53.1 cm³/mol. The van der Waals surface area contributed by atoms with E-state index in [2.05, 4.69) is 0 Å². The van der Waals surface area contributed by atoms with Crippen molar-refractivity contribution in [2.45, 2.75) is 26.9 Å². The van der Waals surface area contributed by atoms with Crippen LogP contribution in [0.2, 0.25) is 0 Å². The molecular weight excluding hydrogens is 189 g/mol. The molecule has 1 amide bonds. The van der Waals surface area contributed by atoms with Crippen molar-refractivity contribution in [1.82, 2.24) is 4.90 Å². The molecule has 0 saturated carbocycles. The highest BCUT2D eigenvalue weighted by atomic mass is 31.2. The summed E-state index contributed by atoms with van der Waals surface area (Å²) in [4.78, 5) is 12.3. The Labute approximate surface area is 79.7 Å². The third kappa shape index (κ3) is 5.83. The number of carbonyl (C=O) groups excluding carboxylic acids is 1. The highest BCUT2D eigenvalue weighted by molar-refractivity contribution is 7.58. The summed E-state index contributed by atoms with van der Waals surface area (Å²) in [7, 11) is -1.04. The molecule has 0 aliphatic heterocycles. The molecule has 0 saturated heterocycles. The van der Waals surface area contributed by atoms with Crippen LogP contribution in [0.5, 0.6) is 0 Å². The number of carbonyl (C=O) groups is 1. The first-order valence-electron chi connectivity index (χ1n) is 4.21. The SMILES string of the molecule is CC(=O)N(C)CP(C)(=O)OC(C)C. The maximum absolute atomic E-state index is 11.7. The fourth-order valence-electron chi connectivity index (χ4n) is 0.964. The van der Waals surface area contributed by atoms with E-state index in [-0.39, 0.29) is 18.3 Å². The van der Waals surface area contributed by atoms with E-state index in [1.165, 1.54) is 11.8 Å². The molecule has 0 aromatic rings. The van der Waals surface area contributed by atoms with E-state index in [1.807, 2.05) is 13.8 Å². The number of rotatable bonds is 4. The van der Waals surface area contributed by atoms with Gasteiger partial charge < -0.3 is 9.42 Å². The fourth-order valence-corrected chi connectivity index (χ4v) is 2.89. The molecule has 0 aliphatic rings. The Balaban J connectivity index is 4.17. The standard InChI is InChI=1S/C8H18NO3P/c1-7(2)12-13(5,11)6-9(4)8(3)10/h7H,6H2,1-5H3. The summed E-state index contributed by atoms with van der Waals surface area (Å²) in [6.07, 6.45) is 0.108. The van der Waals surface area contributed by atoms with Gasteiger partial charge in [0.2, 0.25) is 13.3 Å². The second kappa shape index (κ2) is 4.77. The summed E-state index contributed by atoms with van der Waals surface area (Å²) in [5.41, 5.74) is 0. The lowest BCUT2D eigenvalue weighted by molar-refractivity contribution is -0.126. The van der Waals surface area contributed by atoms with Gasteiger partial charge in [-0.05, 0) is 13.8 Å². The zero-order valence-electron chi connectivity index (χ0n) is 8.90. The molecule has 0 rings (SSSR count). The van der Waals surface area contributed by atoms with E-state index in [0.29, 0.717) is 0 Å². The fraction of sp³-hybridized carbons (Fsp3) is 0.875. The molecule has 0 radical (unpaired) electrons. The van der Waals surface area contributed by atoms with Crippen molar-refractivity contribution in [3.05, 3.63) is 0 Å². The Hall–Kier alpha value is -0.340. The van der Waals surface area contributed by atoms with Crippen molar-refractivity contribution in [1.29, 1.82) is 0 Å². The largest absolute Gasteiger partial charge is 0.336 e. The smallest absolute Gasteiger partial charge is 0.219 e. The molecule has 13 heavy (non-hydrogen) atoms. The van der Waals surface area contributed by atoms with Gasteiger partial charge in [0.05, 0.1) is 12.4 Å². The van der Waals surface area contributed by atoms with Crippen molar-refractivity contribution >= 4 is 13.3 Å². The van der Waals surface area contributed by atoms with Gasteiger partial charge >= 0.3 is 0 Å². The van der Waals surface area contributed by atoms with Crippen LogP contribution in [0.3, 0.4) is 0 Å². The van der Waals surface area contributed by atoms with Gasteiger partial charge in [0.25, 0.3) is 0 Å². The molecule has 5 heteroatoms. The van der Waals surface area contributed by atoms with Gasteiger partial charge in [-0.3, -0.25) is 9.36 Å². The van der Waals surface area contributed by atoms with Crippen LogP contribution < -0.4 is 0 Å². The molecule has 78 valence electrons. The molecule has 0 bridgehead atoms. The Bertz CT molecular complexity index is 227. The monoisotopic (exact) mass is 207 g/mol. The predicted octanol–water partition coefficient (Wildman–Crippen LogP) is 1.76. The minimum atomic E-state index is -2.65. The number of hydrogen-bond donors (Lipinski definition) is 0. The number of hydrogen-bond acceptors (Lipinski definition) is 3. The minimum Gasteiger partial charge on any atom is -0.336 e. The summed E-state index contributed by atoms with van der Waals surface area (Å²) >= 11 is 0. The van der Waals surface area contributed by atoms with Gasteiger partial charge in [-0.2, -0.15) is 0 Å². The molecule has 0 aromatic carbocycles. The molecule has 1 unspecified atom stereocenters. The summed E-state index contributed by atoms with van der Waals surface area (Å²) in [6, 6.07) is 0. The van der Waals surface area contributed by atoms with Gasteiger partial charge in [-0.1, -0.05) is 0 Å². The van der Waals surface area contributed by atoms with Crippen molar-refractivity contribution < 1.29 is 13.9 Å². The van der Waals surface area contributed by atoms with E-state index in [0.717, 1.165) is 0 Å². The quantitative estimate of drug-likeness (QED) is 0.660. The van der Waals surface area contributed by atoms with Gasteiger partial charge in [0, 0.05) is 20.6 Å². The maximum atomic E-state index is 11.7. The first-order chi connectivity index (χ1) is 5.74. The van der Waals surface area contributed by atoms with Crippen LogP contribution in [0, 0.1) is 0 Å². The maximum Gasteiger partial charge on any atom is 0.219 e. The van der Waals surface area contributed by atoms with Crippen LogP contribution in [0.15, 0.2) is 0 Å². The van der Waals surface area contributed by atoms with E-state index < -0.39 is 7.37 Å². The molecule has 0 fully saturated rings. The second-order valence-electron chi connectivity index (χ2n) is 3.53. The van der Waals surface area contributed by atoms with Gasteiger partial charge in [0.15, 0.2) is 0 Å². The van der Waals surface area contributed by atoms with Crippen LogP contribution in [0.4, 0.5) is 0 Å². The third-order valence-corrected chi connectivity index (χ3v) is 3.25. The van der Waals surface area contributed by atoms with Crippen LogP contribution >= 0.6 is 7.37 Å². The highest BCUT2D eigenvalue weighted by Crippen LogP contribution is 2.43. The molecule has 0 aromatic heterocycles. The molecule has 1 atom stereocenters. The van der Waals surface area contributed by atoms with Crippen LogP contribution in [0.1, 0.15) is 20.8 Å². The van der Waals surface area contributed by atoms with Crippen LogP contribution in [-0.4, -0.2) is 36.9 Å². The molecule has 0 aliphatic carbocycles.